The topological polar surface area (TPSA) is 49.4 Å². The second-order valence-corrected chi connectivity index (χ2v) is 8.23. The fourth-order valence-electron chi connectivity index (χ4n) is 3.41. The average molecular weight is 363 g/mol. The summed E-state index contributed by atoms with van der Waals surface area (Å²) in [5.74, 6) is 0.0154. The first-order chi connectivity index (χ1) is 11.6. The van der Waals surface area contributed by atoms with Crippen molar-refractivity contribution < 1.29 is 9.59 Å². The molecule has 0 radical (unpaired) electrons. The summed E-state index contributed by atoms with van der Waals surface area (Å²) in [6.45, 7) is 1.44. The van der Waals surface area contributed by atoms with Gasteiger partial charge < -0.3 is 5.32 Å². The van der Waals surface area contributed by atoms with Crippen LogP contribution in [0.25, 0.3) is 0 Å². The average Bonchev–Trinajstić information content (AvgIpc) is 3.28. The molecule has 1 saturated carbocycles. The van der Waals surface area contributed by atoms with Crippen LogP contribution in [0.15, 0.2) is 35.9 Å². The molecule has 2 unspecified atom stereocenters. The van der Waals surface area contributed by atoms with Gasteiger partial charge in [-0.25, -0.2) is 0 Å². The molecular formula is C18H19ClN2O2S. The van der Waals surface area contributed by atoms with Crippen molar-refractivity contribution in [3.63, 3.8) is 0 Å². The van der Waals surface area contributed by atoms with Gasteiger partial charge in [0.15, 0.2) is 0 Å². The van der Waals surface area contributed by atoms with Gasteiger partial charge in [-0.1, -0.05) is 41.6 Å². The Morgan fingerprint density at radius 3 is 2.83 bits per heavy atom. The van der Waals surface area contributed by atoms with Crippen LogP contribution in [0.4, 0.5) is 0 Å². The van der Waals surface area contributed by atoms with E-state index < -0.39 is 6.04 Å². The van der Waals surface area contributed by atoms with Gasteiger partial charge in [-0.3, -0.25) is 14.5 Å². The lowest BCUT2D eigenvalue weighted by Gasteiger charge is -2.37. The van der Waals surface area contributed by atoms with Crippen LogP contribution in [-0.2, 0) is 9.59 Å². The second-order valence-electron chi connectivity index (χ2n) is 6.61. The summed E-state index contributed by atoms with van der Waals surface area (Å²) in [6.07, 6.45) is 4.74. The van der Waals surface area contributed by atoms with Crippen LogP contribution in [0.2, 0.25) is 5.02 Å². The number of hydrogen-bond donors (Lipinski definition) is 1. The predicted molar refractivity (Wildman–Crippen MR) is 96.0 cm³/mol. The van der Waals surface area contributed by atoms with Gasteiger partial charge in [0.05, 0.1) is 0 Å². The lowest BCUT2D eigenvalue weighted by Crippen LogP contribution is -2.45. The van der Waals surface area contributed by atoms with Crippen molar-refractivity contribution in [2.24, 2.45) is 0 Å². The number of benzene rings is 1. The van der Waals surface area contributed by atoms with Crippen molar-refractivity contribution in [2.75, 3.05) is 13.1 Å². The molecule has 24 heavy (non-hydrogen) atoms. The third-order valence-electron chi connectivity index (χ3n) is 4.78. The fraction of sp³-hybridized carbons (Fsp3) is 0.444. The zero-order chi connectivity index (χ0) is 16.7. The number of thioether (sulfide) groups is 1. The summed E-state index contributed by atoms with van der Waals surface area (Å²) in [5.41, 5.74) is 1.97. The van der Waals surface area contributed by atoms with Gasteiger partial charge in [0.1, 0.15) is 6.04 Å². The third kappa shape index (κ3) is 3.25. The number of rotatable bonds is 4. The zero-order valence-corrected chi connectivity index (χ0v) is 14.8. The molecule has 2 aliphatic heterocycles. The van der Waals surface area contributed by atoms with E-state index in [4.69, 9.17) is 11.6 Å². The lowest BCUT2D eigenvalue weighted by atomic mass is 9.98. The second kappa shape index (κ2) is 6.54. The molecule has 1 amide bonds. The molecule has 1 aromatic rings. The first kappa shape index (κ1) is 16.2. The number of nitrogens with one attached hydrogen (secondary N) is 1. The van der Waals surface area contributed by atoms with Crippen LogP contribution in [0.1, 0.15) is 30.9 Å². The molecule has 2 atom stereocenters. The Bertz CT molecular complexity index is 717. The van der Waals surface area contributed by atoms with E-state index in [0.29, 0.717) is 17.6 Å². The summed E-state index contributed by atoms with van der Waals surface area (Å²) in [6, 6.07) is 7.45. The zero-order valence-electron chi connectivity index (χ0n) is 13.2. The molecule has 1 aliphatic carbocycles. The highest BCUT2D eigenvalue weighted by atomic mass is 35.5. The maximum atomic E-state index is 12.9. The minimum Gasteiger partial charge on any atom is -0.352 e. The SMILES string of the molecule is O=C1C=C2CN(C(C(=O)NC3CC3)c3ccccc3Cl)CCC2S1. The van der Waals surface area contributed by atoms with Crippen molar-refractivity contribution in [1.82, 2.24) is 10.2 Å². The van der Waals surface area contributed by atoms with E-state index in [1.54, 1.807) is 6.08 Å². The molecular weight excluding hydrogens is 344 g/mol. The first-order valence-corrected chi connectivity index (χ1v) is 9.57. The molecule has 1 saturated heterocycles. The summed E-state index contributed by atoms with van der Waals surface area (Å²) >= 11 is 7.80. The van der Waals surface area contributed by atoms with Gasteiger partial charge >= 0.3 is 0 Å². The predicted octanol–water partition coefficient (Wildman–Crippen LogP) is 2.93. The van der Waals surface area contributed by atoms with Gasteiger partial charge in [0, 0.05) is 29.4 Å². The number of halogens is 1. The Morgan fingerprint density at radius 2 is 2.08 bits per heavy atom. The van der Waals surface area contributed by atoms with Crippen molar-refractivity contribution >= 4 is 34.4 Å². The Balaban J connectivity index is 1.62. The third-order valence-corrected chi connectivity index (χ3v) is 6.29. The summed E-state index contributed by atoms with van der Waals surface area (Å²) in [5, 5.41) is 4.14. The van der Waals surface area contributed by atoms with E-state index >= 15 is 0 Å². The van der Waals surface area contributed by atoms with E-state index in [2.05, 4.69) is 10.2 Å². The Morgan fingerprint density at radius 1 is 1.29 bits per heavy atom. The van der Waals surface area contributed by atoms with Crippen LogP contribution in [-0.4, -0.2) is 40.3 Å². The number of carbonyl (C=O) groups excluding carboxylic acids is 2. The lowest BCUT2D eigenvalue weighted by molar-refractivity contribution is -0.127. The standard InChI is InChI=1S/C18H19ClN2O2S/c19-14-4-2-1-3-13(14)17(18(23)20-12-5-6-12)21-8-7-15-11(10-21)9-16(22)24-15/h1-4,9,12,15,17H,5-8,10H2,(H,20,23). The first-order valence-electron chi connectivity index (χ1n) is 8.32. The monoisotopic (exact) mass is 362 g/mol. The van der Waals surface area contributed by atoms with Gasteiger partial charge in [-0.05, 0) is 42.5 Å². The molecule has 0 bridgehead atoms. The molecule has 0 spiro atoms. The van der Waals surface area contributed by atoms with E-state index in [1.807, 2.05) is 24.3 Å². The molecule has 6 heteroatoms. The number of carbonyl (C=O) groups is 2. The van der Waals surface area contributed by atoms with E-state index in [1.165, 1.54) is 11.8 Å². The highest BCUT2D eigenvalue weighted by Gasteiger charge is 2.38. The van der Waals surface area contributed by atoms with Gasteiger partial charge in [0.2, 0.25) is 11.0 Å². The van der Waals surface area contributed by atoms with Crippen LogP contribution in [0.5, 0.6) is 0 Å². The van der Waals surface area contributed by atoms with Gasteiger partial charge in [-0.15, -0.1) is 0 Å². The maximum absolute atomic E-state index is 12.9. The molecule has 4 nitrogen and oxygen atoms in total. The van der Waals surface area contributed by atoms with Crippen LogP contribution >= 0.6 is 23.4 Å². The van der Waals surface area contributed by atoms with Gasteiger partial charge in [0.25, 0.3) is 0 Å². The molecule has 2 heterocycles. The number of hydrogen-bond acceptors (Lipinski definition) is 4. The van der Waals surface area contributed by atoms with Crippen LogP contribution in [0.3, 0.4) is 0 Å². The number of fused-ring (bicyclic) bond motifs is 1. The Labute approximate surface area is 150 Å². The number of nitrogens with zero attached hydrogens (tertiary/aromatic N) is 1. The van der Waals surface area contributed by atoms with E-state index in [0.717, 1.165) is 36.9 Å². The van der Waals surface area contributed by atoms with E-state index in [-0.39, 0.29) is 16.3 Å². The highest BCUT2D eigenvalue weighted by molar-refractivity contribution is 8.15. The number of likely N-dealkylation sites (tertiary alicyclic amines) is 1. The molecule has 2 fully saturated rings. The van der Waals surface area contributed by atoms with Crippen molar-refractivity contribution in [3.05, 3.63) is 46.5 Å². The minimum absolute atomic E-state index is 0.0154. The molecule has 3 aliphatic rings. The normalized spacial score (nSPS) is 25.1. The smallest absolute Gasteiger partial charge is 0.242 e. The maximum Gasteiger partial charge on any atom is 0.242 e. The molecule has 1 aromatic carbocycles. The number of amides is 1. The minimum atomic E-state index is -0.401. The quantitative estimate of drug-likeness (QED) is 0.894. The summed E-state index contributed by atoms with van der Waals surface area (Å²) in [7, 11) is 0. The molecule has 4 rings (SSSR count). The van der Waals surface area contributed by atoms with Crippen molar-refractivity contribution in [1.29, 1.82) is 0 Å². The molecule has 126 valence electrons. The highest BCUT2D eigenvalue weighted by Crippen LogP contribution is 2.38. The fourth-order valence-corrected chi connectivity index (χ4v) is 4.67. The Hall–Kier alpha value is -1.30. The summed E-state index contributed by atoms with van der Waals surface area (Å²) in [4.78, 5) is 26.7. The molecule has 0 aromatic heterocycles. The van der Waals surface area contributed by atoms with Crippen LogP contribution < -0.4 is 5.32 Å². The van der Waals surface area contributed by atoms with Gasteiger partial charge in [-0.2, -0.15) is 0 Å². The molecule has 1 N–H and O–H groups in total. The number of piperidine rings is 1. The Kier molecular flexibility index (Phi) is 4.41. The van der Waals surface area contributed by atoms with E-state index in [9.17, 15) is 9.59 Å². The van der Waals surface area contributed by atoms with Crippen molar-refractivity contribution in [2.45, 2.75) is 36.6 Å². The van der Waals surface area contributed by atoms with Crippen molar-refractivity contribution in [3.8, 4) is 0 Å². The largest absolute Gasteiger partial charge is 0.352 e. The van der Waals surface area contributed by atoms with Crippen LogP contribution in [0, 0.1) is 0 Å². The summed E-state index contributed by atoms with van der Waals surface area (Å²) < 4.78 is 0.